The van der Waals surface area contributed by atoms with Crippen molar-refractivity contribution >= 4 is 21.6 Å². The first-order chi connectivity index (χ1) is 9.33. The van der Waals surface area contributed by atoms with E-state index in [2.05, 4.69) is 4.72 Å². The molecule has 0 bridgehead atoms. The van der Waals surface area contributed by atoms with Crippen molar-refractivity contribution in [2.24, 2.45) is 0 Å². The zero-order valence-electron chi connectivity index (χ0n) is 10.8. The SMILES string of the molecule is COc1ccc(S(=O)(=O)NC2C[C@@H](O)[C@@H](O)C2)cc1Cl. The summed E-state index contributed by atoms with van der Waals surface area (Å²) < 4.78 is 31.8. The van der Waals surface area contributed by atoms with Gasteiger partial charge in [-0.05, 0) is 31.0 Å². The Morgan fingerprint density at radius 3 is 2.40 bits per heavy atom. The highest BCUT2D eigenvalue weighted by molar-refractivity contribution is 7.89. The summed E-state index contributed by atoms with van der Waals surface area (Å²) in [6.07, 6.45) is -1.43. The van der Waals surface area contributed by atoms with Crippen LogP contribution in [0.1, 0.15) is 12.8 Å². The van der Waals surface area contributed by atoms with E-state index in [0.29, 0.717) is 5.75 Å². The van der Waals surface area contributed by atoms with Crippen molar-refractivity contribution < 1.29 is 23.4 Å². The summed E-state index contributed by atoms with van der Waals surface area (Å²) in [4.78, 5) is 0.0131. The van der Waals surface area contributed by atoms with E-state index in [1.165, 1.54) is 25.3 Å². The maximum Gasteiger partial charge on any atom is 0.240 e. The molecular weight excluding hydrogens is 306 g/mol. The van der Waals surface area contributed by atoms with Crippen LogP contribution in [-0.4, -0.2) is 44.0 Å². The molecule has 6 nitrogen and oxygen atoms in total. The maximum atomic E-state index is 12.2. The van der Waals surface area contributed by atoms with Gasteiger partial charge in [-0.3, -0.25) is 0 Å². The highest BCUT2D eigenvalue weighted by atomic mass is 35.5. The van der Waals surface area contributed by atoms with E-state index in [1.54, 1.807) is 0 Å². The number of aliphatic hydroxyl groups is 2. The van der Waals surface area contributed by atoms with E-state index < -0.39 is 28.3 Å². The van der Waals surface area contributed by atoms with E-state index in [9.17, 15) is 18.6 Å². The average molecular weight is 322 g/mol. The van der Waals surface area contributed by atoms with Crippen LogP contribution >= 0.6 is 11.6 Å². The van der Waals surface area contributed by atoms with Crippen LogP contribution in [0.2, 0.25) is 5.02 Å². The van der Waals surface area contributed by atoms with Gasteiger partial charge in [-0.15, -0.1) is 0 Å². The molecule has 1 aliphatic rings. The van der Waals surface area contributed by atoms with Crippen LogP contribution in [0.5, 0.6) is 5.75 Å². The molecule has 2 rings (SSSR count). The van der Waals surface area contributed by atoms with Gasteiger partial charge in [-0.25, -0.2) is 13.1 Å². The van der Waals surface area contributed by atoms with Crippen LogP contribution < -0.4 is 9.46 Å². The second-order valence-corrected chi connectivity index (χ2v) is 6.84. The summed E-state index contributed by atoms with van der Waals surface area (Å²) in [6.45, 7) is 0. The third-order valence-electron chi connectivity index (χ3n) is 3.25. The van der Waals surface area contributed by atoms with E-state index in [4.69, 9.17) is 16.3 Å². The van der Waals surface area contributed by atoms with Gasteiger partial charge in [-0.2, -0.15) is 0 Å². The Hall–Kier alpha value is -0.860. The molecule has 0 radical (unpaired) electrons. The smallest absolute Gasteiger partial charge is 0.240 e. The normalized spacial score (nSPS) is 26.7. The Balaban J connectivity index is 2.17. The summed E-state index contributed by atoms with van der Waals surface area (Å²) in [7, 11) is -2.31. The first-order valence-electron chi connectivity index (χ1n) is 6.05. The van der Waals surface area contributed by atoms with Crippen LogP contribution in [0.3, 0.4) is 0 Å². The first kappa shape index (κ1) is 15.5. The predicted molar refractivity (Wildman–Crippen MR) is 73.4 cm³/mol. The molecule has 112 valence electrons. The highest BCUT2D eigenvalue weighted by Gasteiger charge is 2.34. The van der Waals surface area contributed by atoms with E-state index in [0.717, 1.165) is 0 Å². The summed E-state index contributed by atoms with van der Waals surface area (Å²) in [5, 5.41) is 19.0. The largest absolute Gasteiger partial charge is 0.495 e. The summed E-state index contributed by atoms with van der Waals surface area (Å²) in [5.41, 5.74) is 0. The number of halogens is 1. The molecule has 8 heteroatoms. The number of hydrogen-bond donors (Lipinski definition) is 3. The molecule has 0 aliphatic heterocycles. The molecule has 0 saturated heterocycles. The molecule has 3 N–H and O–H groups in total. The first-order valence-corrected chi connectivity index (χ1v) is 7.91. The van der Waals surface area contributed by atoms with Crippen LogP contribution in [0.25, 0.3) is 0 Å². The zero-order valence-corrected chi connectivity index (χ0v) is 12.4. The van der Waals surface area contributed by atoms with Gasteiger partial charge in [-0.1, -0.05) is 11.6 Å². The van der Waals surface area contributed by atoms with Crippen molar-refractivity contribution in [3.05, 3.63) is 23.2 Å². The molecule has 0 aromatic heterocycles. The van der Waals surface area contributed by atoms with Gasteiger partial charge in [0.25, 0.3) is 0 Å². The third kappa shape index (κ3) is 3.24. The van der Waals surface area contributed by atoms with Crippen molar-refractivity contribution in [1.82, 2.24) is 4.72 Å². The number of nitrogens with one attached hydrogen (secondary N) is 1. The lowest BCUT2D eigenvalue weighted by Crippen LogP contribution is -2.33. The topological polar surface area (TPSA) is 95.9 Å². The lowest BCUT2D eigenvalue weighted by Gasteiger charge is -2.13. The number of methoxy groups -OCH3 is 1. The monoisotopic (exact) mass is 321 g/mol. The quantitative estimate of drug-likeness (QED) is 0.751. The molecular formula is C12H16ClNO5S. The second kappa shape index (κ2) is 5.87. The second-order valence-electron chi connectivity index (χ2n) is 4.72. The Bertz CT molecular complexity index is 582. The van der Waals surface area contributed by atoms with Crippen molar-refractivity contribution in [3.63, 3.8) is 0 Å². The maximum absolute atomic E-state index is 12.2. The van der Waals surface area contributed by atoms with Crippen LogP contribution in [0, 0.1) is 0 Å². The Morgan fingerprint density at radius 1 is 1.30 bits per heavy atom. The predicted octanol–water partition coefficient (Wildman–Crippen LogP) is 0.511. The van der Waals surface area contributed by atoms with E-state index >= 15 is 0 Å². The van der Waals surface area contributed by atoms with Crippen molar-refractivity contribution in [2.45, 2.75) is 36.0 Å². The Morgan fingerprint density at radius 2 is 1.90 bits per heavy atom. The van der Waals surface area contributed by atoms with Gasteiger partial charge < -0.3 is 14.9 Å². The van der Waals surface area contributed by atoms with Gasteiger partial charge in [0.1, 0.15) is 5.75 Å². The number of benzene rings is 1. The van der Waals surface area contributed by atoms with Gasteiger partial charge in [0, 0.05) is 6.04 Å². The molecule has 1 aliphatic carbocycles. The van der Waals surface area contributed by atoms with Gasteiger partial charge in [0.2, 0.25) is 10.0 Å². The number of ether oxygens (including phenoxy) is 1. The summed E-state index contributed by atoms with van der Waals surface area (Å²) in [6, 6.07) is 3.65. The number of aliphatic hydroxyl groups excluding tert-OH is 2. The molecule has 0 spiro atoms. The molecule has 1 aromatic carbocycles. The highest BCUT2D eigenvalue weighted by Crippen LogP contribution is 2.28. The number of hydrogen-bond acceptors (Lipinski definition) is 5. The molecule has 3 atom stereocenters. The van der Waals surface area contributed by atoms with E-state index in [1.807, 2.05) is 0 Å². The molecule has 1 saturated carbocycles. The van der Waals surface area contributed by atoms with Gasteiger partial charge >= 0.3 is 0 Å². The van der Waals surface area contributed by atoms with Crippen LogP contribution in [0.4, 0.5) is 0 Å². The molecule has 0 heterocycles. The van der Waals surface area contributed by atoms with Gasteiger partial charge in [0.05, 0.1) is 29.2 Å². The minimum atomic E-state index is -3.75. The van der Waals surface area contributed by atoms with Crippen molar-refractivity contribution in [2.75, 3.05) is 7.11 Å². The lowest BCUT2D eigenvalue weighted by molar-refractivity contribution is 0.0438. The van der Waals surface area contributed by atoms with Crippen molar-refractivity contribution in [1.29, 1.82) is 0 Å². The van der Waals surface area contributed by atoms with Gasteiger partial charge in [0.15, 0.2) is 0 Å². The molecule has 1 unspecified atom stereocenters. The average Bonchev–Trinajstić information content (AvgIpc) is 2.67. The molecule has 20 heavy (non-hydrogen) atoms. The Kier molecular flexibility index (Phi) is 4.55. The third-order valence-corrected chi connectivity index (χ3v) is 5.07. The minimum Gasteiger partial charge on any atom is -0.495 e. The number of rotatable bonds is 4. The van der Waals surface area contributed by atoms with Crippen LogP contribution in [0.15, 0.2) is 23.1 Å². The van der Waals surface area contributed by atoms with Crippen LogP contribution in [-0.2, 0) is 10.0 Å². The fourth-order valence-corrected chi connectivity index (χ4v) is 3.80. The minimum absolute atomic E-state index is 0.0131. The molecule has 1 fully saturated rings. The fourth-order valence-electron chi connectivity index (χ4n) is 2.19. The Labute approximate surface area is 122 Å². The zero-order chi connectivity index (χ0) is 14.9. The summed E-state index contributed by atoms with van der Waals surface area (Å²) >= 11 is 5.90. The summed E-state index contributed by atoms with van der Waals surface area (Å²) in [5.74, 6) is 0.386. The molecule has 1 aromatic rings. The lowest BCUT2D eigenvalue weighted by atomic mass is 10.3. The molecule has 0 amide bonds. The fraction of sp³-hybridized carbons (Fsp3) is 0.500. The van der Waals surface area contributed by atoms with E-state index in [-0.39, 0.29) is 22.8 Å². The standard InChI is InChI=1S/C12H16ClNO5S/c1-19-12-3-2-8(6-9(12)13)20(17,18)14-7-4-10(15)11(16)5-7/h2-3,6-7,10-11,14-16H,4-5H2,1H3/t7?,10-,11+. The van der Waals surface area contributed by atoms with Crippen molar-refractivity contribution in [3.8, 4) is 5.75 Å². The number of sulfonamides is 1.